The van der Waals surface area contributed by atoms with Gasteiger partial charge in [-0.05, 0) is 55.3 Å². The predicted molar refractivity (Wildman–Crippen MR) is 95.0 cm³/mol. The van der Waals surface area contributed by atoms with E-state index >= 15 is 0 Å². The van der Waals surface area contributed by atoms with Crippen molar-refractivity contribution in [3.8, 4) is 17.0 Å². The van der Waals surface area contributed by atoms with Gasteiger partial charge in [-0.2, -0.15) is 0 Å². The van der Waals surface area contributed by atoms with Crippen molar-refractivity contribution in [3.05, 3.63) is 69.9 Å². The Labute approximate surface area is 144 Å². The van der Waals surface area contributed by atoms with Gasteiger partial charge in [0.2, 0.25) is 5.95 Å². The molecule has 2 aromatic carbocycles. The number of nitro benzene ring substituents is 1. The van der Waals surface area contributed by atoms with Crippen LogP contribution in [0.15, 0.2) is 48.7 Å². The molecule has 1 heterocycles. The Kier molecular flexibility index (Phi) is 4.30. The molecule has 2 N–H and O–H groups in total. The van der Waals surface area contributed by atoms with Crippen LogP contribution in [-0.4, -0.2) is 20.0 Å². The molecule has 0 radical (unpaired) electrons. The van der Waals surface area contributed by atoms with E-state index in [2.05, 4.69) is 15.3 Å². The third-order valence-corrected chi connectivity index (χ3v) is 3.89. The molecule has 3 rings (SSSR count). The molecule has 25 heavy (non-hydrogen) atoms. The van der Waals surface area contributed by atoms with E-state index in [9.17, 15) is 15.2 Å². The molecule has 0 aliphatic carbocycles. The number of aromatic nitrogens is 2. The molecule has 0 unspecified atom stereocenters. The van der Waals surface area contributed by atoms with Gasteiger partial charge < -0.3 is 10.4 Å². The van der Waals surface area contributed by atoms with Crippen LogP contribution in [0.1, 0.15) is 11.1 Å². The van der Waals surface area contributed by atoms with Gasteiger partial charge in [0.1, 0.15) is 0 Å². The number of hydrogen-bond acceptors (Lipinski definition) is 6. The normalized spacial score (nSPS) is 10.5. The highest BCUT2D eigenvalue weighted by Crippen LogP contribution is 2.30. The number of phenolic OH excluding ortho intramolecular Hbond substituents is 1. The molecule has 0 aliphatic heterocycles. The standard InChI is InChI=1S/C18H16N4O3/c1-11-3-5-14(9-12(11)2)20-18-19-8-7-15(21-18)13-4-6-17(23)16(10-13)22(24)25/h3-10,23H,1-2H3,(H,19,20,21). The second-order valence-electron chi connectivity index (χ2n) is 5.65. The number of rotatable bonds is 4. The molecule has 0 spiro atoms. The van der Waals surface area contributed by atoms with Gasteiger partial charge >= 0.3 is 5.69 Å². The Bertz CT molecular complexity index is 957. The summed E-state index contributed by atoms with van der Waals surface area (Å²) in [5.41, 5.74) is 3.88. The Morgan fingerprint density at radius 3 is 2.60 bits per heavy atom. The SMILES string of the molecule is Cc1ccc(Nc2nccc(-c3ccc(O)c([N+](=O)[O-])c3)n2)cc1C. The third kappa shape index (κ3) is 3.55. The minimum atomic E-state index is -0.631. The lowest BCUT2D eigenvalue weighted by Crippen LogP contribution is -1.99. The lowest BCUT2D eigenvalue weighted by atomic mass is 10.1. The highest BCUT2D eigenvalue weighted by molar-refractivity contribution is 5.67. The minimum Gasteiger partial charge on any atom is -0.502 e. The van der Waals surface area contributed by atoms with E-state index in [-0.39, 0.29) is 11.4 Å². The second kappa shape index (κ2) is 6.56. The summed E-state index contributed by atoms with van der Waals surface area (Å²) < 4.78 is 0. The van der Waals surface area contributed by atoms with E-state index in [1.807, 2.05) is 32.0 Å². The van der Waals surface area contributed by atoms with Crippen molar-refractivity contribution >= 4 is 17.3 Å². The number of nitro groups is 1. The van der Waals surface area contributed by atoms with E-state index in [1.165, 1.54) is 17.7 Å². The molecule has 0 bridgehead atoms. The number of hydrogen-bond donors (Lipinski definition) is 2. The average molecular weight is 336 g/mol. The molecule has 126 valence electrons. The number of anilines is 2. The number of benzene rings is 2. The first kappa shape index (κ1) is 16.4. The monoisotopic (exact) mass is 336 g/mol. The molecular formula is C18H16N4O3. The van der Waals surface area contributed by atoms with E-state index in [1.54, 1.807) is 18.3 Å². The van der Waals surface area contributed by atoms with Crippen LogP contribution < -0.4 is 5.32 Å². The Morgan fingerprint density at radius 1 is 1.08 bits per heavy atom. The summed E-state index contributed by atoms with van der Waals surface area (Å²) in [5, 5.41) is 23.7. The first-order valence-corrected chi connectivity index (χ1v) is 7.59. The van der Waals surface area contributed by atoms with Crippen molar-refractivity contribution in [1.82, 2.24) is 9.97 Å². The van der Waals surface area contributed by atoms with Gasteiger partial charge in [-0.25, -0.2) is 9.97 Å². The summed E-state index contributed by atoms with van der Waals surface area (Å²) in [4.78, 5) is 18.9. The number of phenols is 1. The second-order valence-corrected chi connectivity index (χ2v) is 5.65. The highest BCUT2D eigenvalue weighted by Gasteiger charge is 2.15. The molecule has 7 heteroatoms. The van der Waals surface area contributed by atoms with Crippen molar-refractivity contribution in [3.63, 3.8) is 0 Å². The number of aryl methyl sites for hydroxylation is 2. The maximum atomic E-state index is 11.0. The Balaban J connectivity index is 1.92. The zero-order valence-corrected chi connectivity index (χ0v) is 13.7. The maximum absolute atomic E-state index is 11.0. The predicted octanol–water partition coefficient (Wildman–Crippen LogP) is 4.12. The van der Waals surface area contributed by atoms with Gasteiger partial charge in [0, 0.05) is 23.5 Å². The van der Waals surface area contributed by atoms with Crippen LogP contribution in [0.25, 0.3) is 11.3 Å². The number of nitrogens with zero attached hydrogens (tertiary/aromatic N) is 3. The Morgan fingerprint density at radius 2 is 1.88 bits per heavy atom. The maximum Gasteiger partial charge on any atom is 0.311 e. The van der Waals surface area contributed by atoms with Crippen LogP contribution in [0, 0.1) is 24.0 Å². The molecule has 7 nitrogen and oxygen atoms in total. The van der Waals surface area contributed by atoms with Crippen LogP contribution >= 0.6 is 0 Å². The molecule has 0 amide bonds. The molecule has 3 aromatic rings. The molecule has 0 saturated heterocycles. The molecular weight excluding hydrogens is 320 g/mol. The van der Waals surface area contributed by atoms with Crippen molar-refractivity contribution in [1.29, 1.82) is 0 Å². The van der Waals surface area contributed by atoms with Crippen LogP contribution in [0.4, 0.5) is 17.3 Å². The van der Waals surface area contributed by atoms with Crippen molar-refractivity contribution in [2.45, 2.75) is 13.8 Å². The molecule has 0 fully saturated rings. The largest absolute Gasteiger partial charge is 0.502 e. The number of aromatic hydroxyl groups is 1. The fourth-order valence-corrected chi connectivity index (χ4v) is 2.36. The van der Waals surface area contributed by atoms with Crippen LogP contribution in [0.3, 0.4) is 0 Å². The van der Waals surface area contributed by atoms with Gasteiger partial charge in [-0.1, -0.05) is 6.07 Å². The zero-order chi connectivity index (χ0) is 18.0. The first-order chi connectivity index (χ1) is 11.9. The van der Waals surface area contributed by atoms with Gasteiger partial charge in [0.25, 0.3) is 0 Å². The lowest BCUT2D eigenvalue weighted by molar-refractivity contribution is -0.385. The summed E-state index contributed by atoms with van der Waals surface area (Å²) in [6, 6.07) is 11.7. The van der Waals surface area contributed by atoms with Crippen molar-refractivity contribution < 1.29 is 10.0 Å². The van der Waals surface area contributed by atoms with Crippen molar-refractivity contribution in [2.24, 2.45) is 0 Å². The zero-order valence-electron chi connectivity index (χ0n) is 13.7. The summed E-state index contributed by atoms with van der Waals surface area (Å²) in [5.74, 6) is 0.00719. The smallest absolute Gasteiger partial charge is 0.311 e. The summed E-state index contributed by atoms with van der Waals surface area (Å²) in [6.45, 7) is 4.06. The molecule has 0 atom stereocenters. The topological polar surface area (TPSA) is 101 Å². The van der Waals surface area contributed by atoms with E-state index in [4.69, 9.17) is 0 Å². The lowest BCUT2D eigenvalue weighted by Gasteiger charge is -2.09. The highest BCUT2D eigenvalue weighted by atomic mass is 16.6. The van der Waals surface area contributed by atoms with Crippen LogP contribution in [0.2, 0.25) is 0 Å². The Hall–Kier alpha value is -3.48. The van der Waals surface area contributed by atoms with E-state index in [0.717, 1.165) is 11.3 Å². The number of nitrogens with one attached hydrogen (secondary N) is 1. The molecule has 0 aliphatic rings. The summed E-state index contributed by atoms with van der Waals surface area (Å²) in [6.07, 6.45) is 1.57. The van der Waals surface area contributed by atoms with Crippen LogP contribution in [0.5, 0.6) is 5.75 Å². The van der Waals surface area contributed by atoms with Crippen LogP contribution in [-0.2, 0) is 0 Å². The van der Waals surface area contributed by atoms with Crippen molar-refractivity contribution in [2.75, 3.05) is 5.32 Å². The summed E-state index contributed by atoms with van der Waals surface area (Å²) >= 11 is 0. The average Bonchev–Trinajstić information content (AvgIpc) is 2.58. The third-order valence-electron chi connectivity index (χ3n) is 3.89. The fraction of sp³-hybridized carbons (Fsp3) is 0.111. The minimum absolute atomic E-state index is 0.361. The molecule has 0 saturated carbocycles. The van der Waals surface area contributed by atoms with E-state index < -0.39 is 4.92 Å². The molecule has 1 aromatic heterocycles. The van der Waals surface area contributed by atoms with Gasteiger partial charge in [-0.3, -0.25) is 10.1 Å². The van der Waals surface area contributed by atoms with Gasteiger partial charge in [0.15, 0.2) is 5.75 Å². The fourth-order valence-electron chi connectivity index (χ4n) is 2.36. The quantitative estimate of drug-likeness (QED) is 0.549. The first-order valence-electron chi connectivity index (χ1n) is 7.59. The van der Waals surface area contributed by atoms with Gasteiger partial charge in [0.05, 0.1) is 10.6 Å². The van der Waals surface area contributed by atoms with E-state index in [0.29, 0.717) is 17.2 Å². The van der Waals surface area contributed by atoms with Gasteiger partial charge in [-0.15, -0.1) is 0 Å². The summed E-state index contributed by atoms with van der Waals surface area (Å²) in [7, 11) is 0.